The maximum atomic E-state index is 13.7. The molecular formula is C27H26N4O4S2. The highest BCUT2D eigenvalue weighted by molar-refractivity contribution is 7.99. The molecule has 10 heteroatoms. The number of thioether (sulfide) groups is 1. The molecule has 0 aliphatic heterocycles. The van der Waals surface area contributed by atoms with Crippen molar-refractivity contribution in [3.63, 3.8) is 0 Å². The van der Waals surface area contributed by atoms with E-state index in [0.29, 0.717) is 27.6 Å². The standard InChI is InChI=1S/C27H26N4O4S2/c1-34-20-13-8-9-17(24(20)35-2)15-28-30-22(32)16-36-27-29-25-23(19-12-6-7-14-21(19)37-25)26(33)31(27)18-10-4-3-5-11-18/h3-5,8-11,13,15H,6-7,12,14,16H2,1-2H3,(H,30,32)/b28-15-. The lowest BCUT2D eigenvalue weighted by atomic mass is 9.97. The number of thiophene rings is 1. The summed E-state index contributed by atoms with van der Waals surface area (Å²) in [7, 11) is 3.11. The van der Waals surface area contributed by atoms with E-state index >= 15 is 0 Å². The fourth-order valence-corrected chi connectivity index (χ4v) is 6.55. The Kier molecular flexibility index (Phi) is 7.57. The van der Waals surface area contributed by atoms with Crippen LogP contribution >= 0.6 is 23.1 Å². The molecule has 1 aliphatic carbocycles. The molecule has 0 bridgehead atoms. The van der Waals surface area contributed by atoms with Crippen molar-refractivity contribution in [2.45, 2.75) is 30.8 Å². The van der Waals surface area contributed by atoms with Crippen LogP contribution in [0.1, 0.15) is 28.8 Å². The molecule has 2 aromatic heterocycles. The first-order chi connectivity index (χ1) is 18.1. The number of nitrogens with zero attached hydrogens (tertiary/aromatic N) is 3. The quantitative estimate of drug-likeness (QED) is 0.154. The molecule has 2 aromatic carbocycles. The number of hydrogen-bond acceptors (Lipinski definition) is 8. The summed E-state index contributed by atoms with van der Waals surface area (Å²) >= 11 is 2.81. The van der Waals surface area contributed by atoms with Gasteiger partial charge in [0.2, 0.25) is 0 Å². The SMILES string of the molecule is COc1cccc(/C=N\NC(=O)CSc2nc3sc4c(c3c(=O)n2-c2ccccc2)CCCC4)c1OC. The number of benzene rings is 2. The number of ether oxygens (including phenoxy) is 2. The van der Waals surface area contributed by atoms with Crippen molar-refractivity contribution in [2.24, 2.45) is 5.10 Å². The Morgan fingerprint density at radius 3 is 2.73 bits per heavy atom. The van der Waals surface area contributed by atoms with Gasteiger partial charge in [0, 0.05) is 10.4 Å². The van der Waals surface area contributed by atoms with Crippen LogP contribution < -0.4 is 20.5 Å². The average Bonchev–Trinajstić information content (AvgIpc) is 3.31. The molecule has 4 aromatic rings. The molecule has 8 nitrogen and oxygen atoms in total. The lowest BCUT2D eigenvalue weighted by molar-refractivity contribution is -0.118. The van der Waals surface area contributed by atoms with Crippen LogP contribution in [-0.2, 0) is 17.6 Å². The van der Waals surface area contributed by atoms with Gasteiger partial charge < -0.3 is 9.47 Å². The normalized spacial score (nSPS) is 13.0. The number of hydrogen-bond donors (Lipinski definition) is 1. The van der Waals surface area contributed by atoms with Crippen LogP contribution in [0.2, 0.25) is 0 Å². The predicted molar refractivity (Wildman–Crippen MR) is 148 cm³/mol. The van der Waals surface area contributed by atoms with Crippen molar-refractivity contribution in [3.8, 4) is 17.2 Å². The molecule has 190 valence electrons. The molecule has 1 aliphatic rings. The highest BCUT2D eigenvalue weighted by Gasteiger charge is 2.23. The highest BCUT2D eigenvalue weighted by Crippen LogP contribution is 2.35. The van der Waals surface area contributed by atoms with E-state index in [0.717, 1.165) is 41.8 Å². The molecule has 1 N–H and O–H groups in total. The molecule has 0 fully saturated rings. The summed E-state index contributed by atoms with van der Waals surface area (Å²) in [5, 5.41) is 5.27. The van der Waals surface area contributed by atoms with E-state index in [1.807, 2.05) is 42.5 Å². The molecular weight excluding hydrogens is 508 g/mol. The van der Waals surface area contributed by atoms with Crippen molar-refractivity contribution in [2.75, 3.05) is 20.0 Å². The number of nitrogens with one attached hydrogen (secondary N) is 1. The Morgan fingerprint density at radius 1 is 1.14 bits per heavy atom. The number of aromatic nitrogens is 2. The summed E-state index contributed by atoms with van der Waals surface area (Å²) < 4.78 is 12.3. The molecule has 37 heavy (non-hydrogen) atoms. The number of para-hydroxylation sites is 2. The van der Waals surface area contributed by atoms with Gasteiger partial charge in [0.25, 0.3) is 11.5 Å². The van der Waals surface area contributed by atoms with Crippen LogP contribution in [0.4, 0.5) is 0 Å². The van der Waals surface area contributed by atoms with Gasteiger partial charge in [-0.3, -0.25) is 14.2 Å². The van der Waals surface area contributed by atoms with Crippen molar-refractivity contribution in [1.82, 2.24) is 15.0 Å². The minimum atomic E-state index is -0.317. The largest absolute Gasteiger partial charge is 0.493 e. The van der Waals surface area contributed by atoms with Gasteiger partial charge in [-0.25, -0.2) is 10.4 Å². The molecule has 1 amide bonds. The van der Waals surface area contributed by atoms with Crippen molar-refractivity contribution in [3.05, 3.63) is 74.9 Å². The first-order valence-corrected chi connectivity index (χ1v) is 13.7. The van der Waals surface area contributed by atoms with Gasteiger partial charge in [-0.2, -0.15) is 5.10 Å². The molecule has 0 radical (unpaired) electrons. The molecule has 0 spiro atoms. The molecule has 0 saturated carbocycles. The van der Waals surface area contributed by atoms with Gasteiger partial charge in [0.15, 0.2) is 16.7 Å². The van der Waals surface area contributed by atoms with Crippen LogP contribution in [-0.4, -0.2) is 41.6 Å². The lowest BCUT2D eigenvalue weighted by Crippen LogP contribution is -2.24. The van der Waals surface area contributed by atoms with E-state index in [2.05, 4.69) is 10.5 Å². The Hall–Kier alpha value is -3.63. The highest BCUT2D eigenvalue weighted by atomic mass is 32.2. The molecule has 5 rings (SSSR count). The van der Waals surface area contributed by atoms with E-state index in [-0.39, 0.29) is 17.2 Å². The van der Waals surface area contributed by atoms with Crippen LogP contribution in [0.3, 0.4) is 0 Å². The van der Waals surface area contributed by atoms with Crippen LogP contribution in [0.15, 0.2) is 63.6 Å². The summed E-state index contributed by atoms with van der Waals surface area (Å²) in [4.78, 5) is 33.2. The summed E-state index contributed by atoms with van der Waals surface area (Å²) in [5.74, 6) is 0.828. The van der Waals surface area contributed by atoms with E-state index < -0.39 is 0 Å². The fourth-order valence-electron chi connectivity index (χ4n) is 4.44. The number of carbonyl (C=O) groups excluding carboxylic acids is 1. The molecule has 0 atom stereocenters. The Labute approximate surface area is 222 Å². The molecule has 0 unspecified atom stereocenters. The molecule has 2 heterocycles. The number of rotatable bonds is 8. The summed E-state index contributed by atoms with van der Waals surface area (Å²) in [6, 6.07) is 14.8. The Balaban J connectivity index is 1.39. The number of aryl methyl sites for hydroxylation is 2. The second-order valence-electron chi connectivity index (χ2n) is 8.43. The summed E-state index contributed by atoms with van der Waals surface area (Å²) in [6.45, 7) is 0. The Morgan fingerprint density at radius 2 is 1.95 bits per heavy atom. The fraction of sp³-hybridized carbons (Fsp3) is 0.259. The van der Waals surface area contributed by atoms with Gasteiger partial charge in [0.05, 0.1) is 37.3 Å². The Bertz CT molecular complexity index is 1530. The van der Waals surface area contributed by atoms with Gasteiger partial charge in [-0.15, -0.1) is 11.3 Å². The van der Waals surface area contributed by atoms with Crippen LogP contribution in [0.5, 0.6) is 11.5 Å². The zero-order chi connectivity index (χ0) is 25.8. The maximum absolute atomic E-state index is 13.7. The number of carbonyl (C=O) groups is 1. The smallest absolute Gasteiger partial charge is 0.267 e. The zero-order valence-corrected chi connectivity index (χ0v) is 22.2. The van der Waals surface area contributed by atoms with Crippen molar-refractivity contribution in [1.29, 1.82) is 0 Å². The minimum absolute atomic E-state index is 0.0441. The first-order valence-electron chi connectivity index (χ1n) is 11.9. The van der Waals surface area contributed by atoms with E-state index in [9.17, 15) is 9.59 Å². The van der Waals surface area contributed by atoms with Gasteiger partial charge in [-0.1, -0.05) is 36.0 Å². The van der Waals surface area contributed by atoms with Gasteiger partial charge in [0.1, 0.15) is 4.83 Å². The van der Waals surface area contributed by atoms with Crippen molar-refractivity contribution >= 4 is 45.4 Å². The number of amides is 1. The van der Waals surface area contributed by atoms with Crippen LogP contribution in [0, 0.1) is 0 Å². The first kappa shape index (κ1) is 25.0. The molecule has 0 saturated heterocycles. The number of fused-ring (bicyclic) bond motifs is 3. The number of methoxy groups -OCH3 is 2. The second-order valence-corrected chi connectivity index (χ2v) is 10.5. The third kappa shape index (κ3) is 5.12. The summed E-state index contributed by atoms with van der Waals surface area (Å²) in [5.41, 5.74) is 5.00. The third-order valence-electron chi connectivity index (χ3n) is 6.13. The lowest BCUT2D eigenvalue weighted by Gasteiger charge is -2.13. The monoisotopic (exact) mass is 534 g/mol. The second kappa shape index (κ2) is 11.2. The van der Waals surface area contributed by atoms with Crippen molar-refractivity contribution < 1.29 is 14.3 Å². The van der Waals surface area contributed by atoms with Crippen LogP contribution in [0.25, 0.3) is 15.9 Å². The average molecular weight is 535 g/mol. The maximum Gasteiger partial charge on any atom is 0.267 e. The van der Waals surface area contributed by atoms with E-state index in [1.54, 1.807) is 36.2 Å². The topological polar surface area (TPSA) is 94.8 Å². The van der Waals surface area contributed by atoms with Gasteiger partial charge in [-0.05, 0) is 55.5 Å². The van der Waals surface area contributed by atoms with E-state index in [1.165, 1.54) is 22.9 Å². The third-order valence-corrected chi connectivity index (χ3v) is 8.26. The predicted octanol–water partition coefficient (Wildman–Crippen LogP) is 4.59. The summed E-state index contributed by atoms with van der Waals surface area (Å²) in [6.07, 6.45) is 5.62. The minimum Gasteiger partial charge on any atom is -0.493 e. The van der Waals surface area contributed by atoms with Gasteiger partial charge >= 0.3 is 0 Å². The number of hydrazone groups is 1. The van der Waals surface area contributed by atoms with E-state index in [4.69, 9.17) is 14.5 Å². The zero-order valence-electron chi connectivity index (χ0n) is 20.5.